The first-order valence-corrected chi connectivity index (χ1v) is 9.29. The molecule has 0 radical (unpaired) electrons. The van der Waals surface area contributed by atoms with Gasteiger partial charge in [-0.1, -0.05) is 23.5 Å². The summed E-state index contributed by atoms with van der Waals surface area (Å²) in [5.74, 6) is -0.182. The van der Waals surface area contributed by atoms with Gasteiger partial charge in [0.2, 0.25) is 5.82 Å². The van der Waals surface area contributed by atoms with Gasteiger partial charge >= 0.3 is 5.69 Å². The van der Waals surface area contributed by atoms with E-state index >= 15 is 0 Å². The molecule has 0 aliphatic carbocycles. The minimum absolute atomic E-state index is 0.200. The fourth-order valence-corrected chi connectivity index (χ4v) is 4.10. The molecule has 3 aromatic heterocycles. The number of rotatable bonds is 3. The average molecular weight is 407 g/mol. The van der Waals surface area contributed by atoms with Crippen molar-refractivity contribution in [3.05, 3.63) is 91.2 Å². The van der Waals surface area contributed by atoms with Crippen LogP contribution in [-0.2, 0) is 0 Å². The third kappa shape index (κ3) is 2.79. The first-order chi connectivity index (χ1) is 14.0. The normalized spacial score (nSPS) is 12.2. The Morgan fingerprint density at radius 1 is 1.17 bits per heavy atom. The number of benzene rings is 2. The number of aromatic nitrogens is 2. The maximum absolute atomic E-state index is 13.5. The Hall–Kier alpha value is -3.85. The molecule has 0 aliphatic rings. The maximum atomic E-state index is 13.5. The molecule has 0 saturated carbocycles. The number of halogens is 1. The van der Waals surface area contributed by atoms with Crippen LogP contribution in [0.3, 0.4) is 0 Å². The SMILES string of the molecule is O=c1/c(=C\c2ccc(-c3ccc(F)c([N+](=O)[O-])c3)o2)sc2nc3ccccc3n12. The van der Waals surface area contributed by atoms with E-state index in [1.165, 1.54) is 17.4 Å². The lowest BCUT2D eigenvalue weighted by atomic mass is 10.1. The van der Waals surface area contributed by atoms with Gasteiger partial charge in [0.25, 0.3) is 5.56 Å². The monoisotopic (exact) mass is 407 g/mol. The van der Waals surface area contributed by atoms with Crippen LogP contribution in [-0.4, -0.2) is 14.3 Å². The van der Waals surface area contributed by atoms with E-state index in [-0.39, 0.29) is 5.56 Å². The standard InChI is InChI=1S/C20H10FN3O4S/c21-13-7-5-11(9-16(13)24(26)27)17-8-6-12(28-17)10-18-19(25)23-15-4-2-1-3-14(15)22-20(23)29-18/h1-10H/b18-10+. The highest BCUT2D eigenvalue weighted by molar-refractivity contribution is 7.15. The van der Waals surface area contributed by atoms with Crippen LogP contribution in [0.4, 0.5) is 10.1 Å². The Balaban J connectivity index is 1.59. The molecular formula is C20H10FN3O4S. The third-order valence-corrected chi connectivity index (χ3v) is 5.44. The molecule has 5 aromatic rings. The van der Waals surface area contributed by atoms with E-state index in [1.54, 1.807) is 22.6 Å². The number of thiazole rings is 1. The van der Waals surface area contributed by atoms with Crippen molar-refractivity contribution >= 4 is 39.1 Å². The summed E-state index contributed by atoms with van der Waals surface area (Å²) < 4.78 is 21.2. The van der Waals surface area contributed by atoms with Crippen LogP contribution in [0, 0.1) is 15.9 Å². The van der Waals surface area contributed by atoms with Crippen LogP contribution < -0.4 is 10.1 Å². The second-order valence-corrected chi connectivity index (χ2v) is 7.27. The summed E-state index contributed by atoms with van der Waals surface area (Å²) in [7, 11) is 0. The van der Waals surface area contributed by atoms with Crippen LogP contribution in [0.15, 0.2) is 63.8 Å². The average Bonchev–Trinajstić information content (AvgIpc) is 3.38. The summed E-state index contributed by atoms with van der Waals surface area (Å²) in [5.41, 5.74) is 1.03. The van der Waals surface area contributed by atoms with Gasteiger partial charge in [0.15, 0.2) is 4.96 Å². The second-order valence-electron chi connectivity index (χ2n) is 6.26. The lowest BCUT2D eigenvalue weighted by Gasteiger charge is -1.98. The van der Waals surface area contributed by atoms with Crippen LogP contribution in [0.2, 0.25) is 0 Å². The number of hydrogen-bond donors (Lipinski definition) is 0. The summed E-state index contributed by atoms with van der Waals surface area (Å²) in [6.07, 6.45) is 1.60. The minimum atomic E-state index is -0.915. The van der Waals surface area contributed by atoms with Gasteiger partial charge in [-0.05, 0) is 36.4 Å². The number of hydrogen-bond acceptors (Lipinski definition) is 6. The van der Waals surface area contributed by atoms with Crippen molar-refractivity contribution in [3.63, 3.8) is 0 Å². The highest BCUT2D eigenvalue weighted by Gasteiger charge is 2.16. The number of nitro benzene ring substituents is 1. The molecule has 0 aliphatic heterocycles. The van der Waals surface area contributed by atoms with E-state index < -0.39 is 16.4 Å². The Morgan fingerprint density at radius 3 is 2.83 bits per heavy atom. The van der Waals surface area contributed by atoms with Crippen LogP contribution >= 0.6 is 11.3 Å². The predicted octanol–water partition coefficient (Wildman–Crippen LogP) is 3.76. The molecule has 0 amide bonds. The van der Waals surface area contributed by atoms with Gasteiger partial charge in [-0.3, -0.25) is 14.9 Å². The maximum Gasteiger partial charge on any atom is 0.305 e. The summed E-state index contributed by atoms with van der Waals surface area (Å²) in [5, 5.41) is 10.9. The molecule has 0 spiro atoms. The van der Waals surface area contributed by atoms with Gasteiger partial charge in [-0.25, -0.2) is 9.38 Å². The Kier molecular flexibility index (Phi) is 3.78. The van der Waals surface area contributed by atoms with Crippen LogP contribution in [0.25, 0.3) is 33.4 Å². The molecule has 0 bridgehead atoms. The van der Waals surface area contributed by atoms with Gasteiger partial charge in [0, 0.05) is 17.7 Å². The molecule has 0 saturated heterocycles. The molecule has 2 aromatic carbocycles. The molecule has 7 nitrogen and oxygen atoms in total. The number of imidazole rings is 1. The zero-order chi connectivity index (χ0) is 20.1. The van der Waals surface area contributed by atoms with Gasteiger partial charge in [-0.15, -0.1) is 0 Å². The quantitative estimate of drug-likeness (QED) is 0.335. The van der Waals surface area contributed by atoms with E-state index in [0.717, 1.165) is 23.2 Å². The molecule has 29 heavy (non-hydrogen) atoms. The summed E-state index contributed by atoms with van der Waals surface area (Å²) in [4.78, 5) is 28.0. The topological polar surface area (TPSA) is 90.6 Å². The Morgan fingerprint density at radius 2 is 2.00 bits per heavy atom. The van der Waals surface area contributed by atoms with Crippen molar-refractivity contribution in [2.75, 3.05) is 0 Å². The summed E-state index contributed by atoms with van der Waals surface area (Å²) in [6, 6.07) is 14.2. The molecular weight excluding hydrogens is 397 g/mol. The van der Waals surface area contributed by atoms with E-state index in [1.807, 2.05) is 24.3 Å². The van der Waals surface area contributed by atoms with Gasteiger partial charge in [0.05, 0.1) is 16.0 Å². The van der Waals surface area contributed by atoms with Gasteiger partial charge in [0.1, 0.15) is 16.1 Å². The smallest absolute Gasteiger partial charge is 0.305 e. The van der Waals surface area contributed by atoms with Crippen molar-refractivity contribution in [2.24, 2.45) is 0 Å². The van der Waals surface area contributed by atoms with E-state index in [9.17, 15) is 19.3 Å². The first-order valence-electron chi connectivity index (χ1n) is 8.47. The molecule has 142 valence electrons. The number of furan rings is 1. The van der Waals surface area contributed by atoms with E-state index in [4.69, 9.17) is 4.42 Å². The fourth-order valence-electron chi connectivity index (χ4n) is 3.13. The number of para-hydroxylation sites is 2. The van der Waals surface area contributed by atoms with E-state index in [2.05, 4.69) is 4.98 Å². The molecule has 9 heteroatoms. The van der Waals surface area contributed by atoms with Crippen molar-refractivity contribution < 1.29 is 13.7 Å². The predicted molar refractivity (Wildman–Crippen MR) is 106 cm³/mol. The lowest BCUT2D eigenvalue weighted by molar-refractivity contribution is -0.387. The minimum Gasteiger partial charge on any atom is -0.457 e. The molecule has 0 atom stereocenters. The summed E-state index contributed by atoms with van der Waals surface area (Å²) >= 11 is 1.24. The Labute approximate surface area is 165 Å². The lowest BCUT2D eigenvalue weighted by Crippen LogP contribution is -2.22. The highest BCUT2D eigenvalue weighted by Crippen LogP contribution is 2.28. The first kappa shape index (κ1) is 17.3. The van der Waals surface area contributed by atoms with Crippen LogP contribution in [0.1, 0.15) is 5.76 Å². The Bertz CT molecular complexity index is 1530. The van der Waals surface area contributed by atoms with E-state index in [0.29, 0.717) is 26.6 Å². The number of fused-ring (bicyclic) bond motifs is 3. The zero-order valence-corrected chi connectivity index (χ0v) is 15.4. The number of nitrogens with zero attached hydrogens (tertiary/aromatic N) is 3. The molecule has 0 N–H and O–H groups in total. The molecule has 0 fully saturated rings. The largest absolute Gasteiger partial charge is 0.457 e. The molecule has 5 rings (SSSR count). The van der Waals surface area contributed by atoms with Crippen molar-refractivity contribution in [1.82, 2.24) is 9.38 Å². The number of nitro groups is 1. The third-order valence-electron chi connectivity index (χ3n) is 4.47. The van der Waals surface area contributed by atoms with Crippen molar-refractivity contribution in [3.8, 4) is 11.3 Å². The molecule has 0 unspecified atom stereocenters. The van der Waals surface area contributed by atoms with Crippen molar-refractivity contribution in [2.45, 2.75) is 0 Å². The second kappa shape index (κ2) is 6.35. The highest BCUT2D eigenvalue weighted by atomic mass is 32.1. The van der Waals surface area contributed by atoms with Crippen LogP contribution in [0.5, 0.6) is 0 Å². The fraction of sp³-hybridized carbons (Fsp3) is 0. The molecule has 3 heterocycles. The van der Waals surface area contributed by atoms with Gasteiger partial charge in [-0.2, -0.15) is 4.39 Å². The van der Waals surface area contributed by atoms with Gasteiger partial charge < -0.3 is 4.42 Å². The zero-order valence-electron chi connectivity index (χ0n) is 14.5. The summed E-state index contributed by atoms with van der Waals surface area (Å²) in [6.45, 7) is 0. The van der Waals surface area contributed by atoms with Crippen molar-refractivity contribution in [1.29, 1.82) is 0 Å².